The summed E-state index contributed by atoms with van der Waals surface area (Å²) in [6, 6.07) is 14.7. The van der Waals surface area contributed by atoms with Gasteiger partial charge in [0, 0.05) is 8.95 Å². The van der Waals surface area contributed by atoms with E-state index in [2.05, 4.69) is 31.9 Å². The van der Waals surface area contributed by atoms with Gasteiger partial charge in [-0.05, 0) is 55.3 Å². The number of ether oxygens (including phenoxy) is 2. The maximum Gasteiger partial charge on any atom is 0.338 e. The molecule has 2 N–H and O–H groups in total. The van der Waals surface area contributed by atoms with Crippen molar-refractivity contribution in [1.82, 2.24) is 4.57 Å². The second-order valence-electron chi connectivity index (χ2n) is 7.75. The standard InChI is InChI=1S/C26H22Br2N2O5S/c1-3-34-25(32)20-19(15-8-6-10-17(28)13-15)21(26(33)35-4-2)24-30(22(20)29)23(31)18(36-24)12-14-7-5-9-16(27)11-14/h5-13,19H,3-4,29H2,1-2H3/b18-12+. The van der Waals surface area contributed by atoms with Gasteiger partial charge in [0.05, 0.1) is 34.8 Å². The Kier molecular flexibility index (Phi) is 7.97. The number of fused-ring (bicyclic) bond motifs is 1. The maximum absolute atomic E-state index is 13.6. The molecule has 186 valence electrons. The zero-order chi connectivity index (χ0) is 26.0. The molecule has 2 heterocycles. The number of carbonyl (C=O) groups is 2. The van der Waals surface area contributed by atoms with Crippen LogP contribution < -0.4 is 20.5 Å². The van der Waals surface area contributed by atoms with E-state index in [9.17, 15) is 14.4 Å². The van der Waals surface area contributed by atoms with Gasteiger partial charge < -0.3 is 15.2 Å². The Hall–Kier alpha value is -2.95. The van der Waals surface area contributed by atoms with Gasteiger partial charge in [0.15, 0.2) is 0 Å². The van der Waals surface area contributed by atoms with E-state index in [4.69, 9.17) is 15.2 Å². The Balaban J connectivity index is 2.12. The molecule has 0 bridgehead atoms. The van der Waals surface area contributed by atoms with Crippen molar-refractivity contribution in [3.8, 4) is 0 Å². The fraction of sp³-hybridized carbons (Fsp3) is 0.192. The Morgan fingerprint density at radius 1 is 1.00 bits per heavy atom. The zero-order valence-corrected chi connectivity index (χ0v) is 23.4. The lowest BCUT2D eigenvalue weighted by Crippen LogP contribution is -2.42. The molecular formula is C26H22Br2N2O5S. The van der Waals surface area contributed by atoms with Crippen LogP contribution >= 0.6 is 43.2 Å². The minimum Gasteiger partial charge on any atom is -0.463 e. The number of nitrogens with zero attached hydrogens (tertiary/aromatic N) is 1. The summed E-state index contributed by atoms with van der Waals surface area (Å²) in [4.78, 5) is 40.1. The van der Waals surface area contributed by atoms with Gasteiger partial charge in [0.1, 0.15) is 10.5 Å². The van der Waals surface area contributed by atoms with Gasteiger partial charge in [-0.25, -0.2) is 9.59 Å². The maximum atomic E-state index is 13.6. The minimum absolute atomic E-state index is 0.0133. The van der Waals surface area contributed by atoms with Crippen molar-refractivity contribution in [3.05, 3.63) is 93.7 Å². The van der Waals surface area contributed by atoms with Crippen LogP contribution in [0.3, 0.4) is 0 Å². The molecule has 0 spiro atoms. The summed E-state index contributed by atoms with van der Waals surface area (Å²) in [7, 11) is 0. The normalized spacial score (nSPS) is 15.6. The molecule has 0 radical (unpaired) electrons. The molecule has 1 aliphatic heterocycles. The highest BCUT2D eigenvalue weighted by molar-refractivity contribution is 9.10. The predicted molar refractivity (Wildman–Crippen MR) is 146 cm³/mol. The third-order valence-corrected chi connectivity index (χ3v) is 7.56. The molecule has 36 heavy (non-hydrogen) atoms. The number of hydrogen-bond donors (Lipinski definition) is 1. The summed E-state index contributed by atoms with van der Waals surface area (Å²) in [6.45, 7) is 3.59. The van der Waals surface area contributed by atoms with Crippen LogP contribution in [0.4, 0.5) is 0 Å². The molecule has 4 rings (SSSR count). The van der Waals surface area contributed by atoms with E-state index in [0.29, 0.717) is 14.8 Å². The number of thiazole rings is 1. The Labute approximate surface area is 227 Å². The average Bonchev–Trinajstić information content (AvgIpc) is 3.15. The Morgan fingerprint density at radius 3 is 2.22 bits per heavy atom. The van der Waals surface area contributed by atoms with E-state index >= 15 is 0 Å². The number of carbonyl (C=O) groups excluding carboxylic acids is 2. The largest absolute Gasteiger partial charge is 0.463 e. The van der Waals surface area contributed by atoms with Crippen LogP contribution in [0.25, 0.3) is 17.5 Å². The molecule has 1 atom stereocenters. The van der Waals surface area contributed by atoms with E-state index in [-0.39, 0.29) is 30.2 Å². The first-order chi connectivity index (χ1) is 17.3. The predicted octanol–water partition coefficient (Wildman–Crippen LogP) is 3.47. The first-order valence-corrected chi connectivity index (χ1v) is 13.5. The van der Waals surface area contributed by atoms with Gasteiger partial charge in [0.25, 0.3) is 5.56 Å². The Bertz CT molecular complexity index is 1570. The lowest BCUT2D eigenvalue weighted by Gasteiger charge is -2.27. The third-order valence-electron chi connectivity index (χ3n) is 5.47. The van der Waals surface area contributed by atoms with Crippen molar-refractivity contribution in [1.29, 1.82) is 0 Å². The van der Waals surface area contributed by atoms with Crippen molar-refractivity contribution in [3.63, 3.8) is 0 Å². The van der Waals surface area contributed by atoms with Crippen molar-refractivity contribution >= 4 is 72.6 Å². The zero-order valence-electron chi connectivity index (χ0n) is 19.4. The van der Waals surface area contributed by atoms with Crippen LogP contribution in [0.2, 0.25) is 0 Å². The van der Waals surface area contributed by atoms with Gasteiger partial charge in [-0.1, -0.05) is 56.1 Å². The summed E-state index contributed by atoms with van der Waals surface area (Å²) >= 11 is 8.02. The summed E-state index contributed by atoms with van der Waals surface area (Å²) in [6.07, 6.45) is 1.72. The lowest BCUT2D eigenvalue weighted by molar-refractivity contribution is -0.138. The van der Waals surface area contributed by atoms with Crippen LogP contribution in [0.15, 0.2) is 67.8 Å². The highest BCUT2D eigenvalue weighted by Gasteiger charge is 2.40. The number of rotatable bonds is 6. The SMILES string of the molecule is CCOC(=O)C1=C(N)n2c(s/c(=C/c3cccc(Br)c3)c2=O)=C(C(=O)OCC)C1c1cccc(Br)c1. The molecule has 7 nitrogen and oxygen atoms in total. The molecule has 0 aliphatic carbocycles. The average molecular weight is 634 g/mol. The quantitative estimate of drug-likeness (QED) is 0.418. The summed E-state index contributed by atoms with van der Waals surface area (Å²) in [5.74, 6) is -2.31. The van der Waals surface area contributed by atoms with E-state index in [0.717, 1.165) is 25.8 Å². The first-order valence-electron chi connectivity index (χ1n) is 11.1. The summed E-state index contributed by atoms with van der Waals surface area (Å²) in [5.41, 5.74) is 7.65. The molecule has 0 saturated carbocycles. The molecule has 3 aromatic rings. The van der Waals surface area contributed by atoms with E-state index < -0.39 is 23.4 Å². The fourth-order valence-electron chi connectivity index (χ4n) is 4.03. The number of aromatic nitrogens is 1. The van der Waals surface area contributed by atoms with E-state index in [1.165, 1.54) is 4.57 Å². The second-order valence-corrected chi connectivity index (χ2v) is 10.6. The second kappa shape index (κ2) is 11.0. The fourth-order valence-corrected chi connectivity index (χ4v) is 6.03. The van der Waals surface area contributed by atoms with Crippen molar-refractivity contribution < 1.29 is 19.1 Å². The first kappa shape index (κ1) is 26.1. The van der Waals surface area contributed by atoms with Gasteiger partial charge in [-0.3, -0.25) is 9.36 Å². The molecule has 1 aromatic heterocycles. The van der Waals surface area contributed by atoms with Crippen molar-refractivity contribution in [2.75, 3.05) is 13.2 Å². The number of halogens is 2. The van der Waals surface area contributed by atoms with Gasteiger partial charge >= 0.3 is 11.9 Å². The third kappa shape index (κ3) is 4.98. The van der Waals surface area contributed by atoms with Crippen molar-refractivity contribution in [2.24, 2.45) is 5.73 Å². The van der Waals surface area contributed by atoms with Gasteiger partial charge in [-0.15, -0.1) is 11.3 Å². The van der Waals surface area contributed by atoms with Crippen LogP contribution in [0.5, 0.6) is 0 Å². The highest BCUT2D eigenvalue weighted by Crippen LogP contribution is 2.38. The summed E-state index contributed by atoms with van der Waals surface area (Å²) < 4.78 is 14.2. The number of hydrogen-bond acceptors (Lipinski definition) is 7. The molecule has 1 unspecified atom stereocenters. The minimum atomic E-state index is -0.891. The smallest absolute Gasteiger partial charge is 0.338 e. The number of esters is 2. The van der Waals surface area contributed by atoms with Gasteiger partial charge in [0.2, 0.25) is 0 Å². The van der Waals surface area contributed by atoms with Gasteiger partial charge in [-0.2, -0.15) is 0 Å². The topological polar surface area (TPSA) is 101 Å². The van der Waals surface area contributed by atoms with Crippen LogP contribution in [0.1, 0.15) is 30.9 Å². The molecule has 1 aliphatic rings. The molecule has 2 aromatic carbocycles. The highest BCUT2D eigenvalue weighted by atomic mass is 79.9. The Morgan fingerprint density at radius 2 is 1.61 bits per heavy atom. The monoisotopic (exact) mass is 632 g/mol. The van der Waals surface area contributed by atoms with Crippen LogP contribution in [0, 0.1) is 0 Å². The summed E-state index contributed by atoms with van der Waals surface area (Å²) in [5, 5.41) is 0. The molecule has 0 amide bonds. The van der Waals surface area contributed by atoms with Crippen molar-refractivity contribution in [2.45, 2.75) is 19.8 Å². The molecule has 0 saturated heterocycles. The lowest BCUT2D eigenvalue weighted by atomic mass is 9.83. The van der Waals surface area contributed by atoms with Crippen LogP contribution in [-0.2, 0) is 19.1 Å². The molecule has 10 heteroatoms. The number of nitrogens with two attached hydrogens (primary N) is 1. The van der Waals surface area contributed by atoms with E-state index in [1.54, 1.807) is 38.1 Å². The number of benzene rings is 2. The molecule has 0 fully saturated rings. The van der Waals surface area contributed by atoms with Crippen LogP contribution in [-0.4, -0.2) is 29.7 Å². The van der Waals surface area contributed by atoms with E-state index in [1.807, 2.05) is 30.3 Å². The molecular weight excluding hydrogens is 612 g/mol.